The molecular weight excluding hydrogens is 325 g/mol. The molecule has 0 saturated carbocycles. The van der Waals surface area contributed by atoms with Crippen LogP contribution in [0.1, 0.15) is 40.5 Å². The van der Waals surface area contributed by atoms with Crippen molar-refractivity contribution in [3.05, 3.63) is 101 Å². The summed E-state index contributed by atoms with van der Waals surface area (Å²) >= 11 is 0. The molecule has 3 aliphatic carbocycles. The van der Waals surface area contributed by atoms with Crippen LogP contribution < -0.4 is 5.32 Å². The topological polar surface area (TPSA) is 29.1 Å². The number of amides is 1. The third-order valence-electron chi connectivity index (χ3n) is 5.75. The molecule has 0 fully saturated rings. The van der Waals surface area contributed by atoms with E-state index in [2.05, 4.69) is 53.8 Å². The second-order valence-corrected chi connectivity index (χ2v) is 7.13. The molecule has 0 saturated heterocycles. The van der Waals surface area contributed by atoms with E-state index >= 15 is 0 Å². The summed E-state index contributed by atoms with van der Waals surface area (Å²) in [6.45, 7) is 0. The molecule has 3 aromatic rings. The van der Waals surface area contributed by atoms with Crippen molar-refractivity contribution >= 4 is 11.6 Å². The van der Waals surface area contributed by atoms with Gasteiger partial charge in [-0.3, -0.25) is 4.79 Å². The number of anilines is 1. The fourth-order valence-corrected chi connectivity index (χ4v) is 4.66. The summed E-state index contributed by atoms with van der Waals surface area (Å²) in [4.78, 5) is 13.1. The van der Waals surface area contributed by atoms with Crippen LogP contribution in [-0.4, -0.2) is 5.91 Å². The van der Waals surface area contributed by atoms with Crippen LogP contribution in [0.15, 0.2) is 72.8 Å². The van der Waals surface area contributed by atoms with Gasteiger partial charge in [0.1, 0.15) is 5.82 Å². The van der Waals surface area contributed by atoms with Crippen molar-refractivity contribution in [2.45, 2.75) is 18.3 Å². The van der Waals surface area contributed by atoms with Crippen molar-refractivity contribution in [1.82, 2.24) is 0 Å². The number of hydrogen-bond donors (Lipinski definition) is 1. The Morgan fingerprint density at radius 3 is 1.92 bits per heavy atom. The summed E-state index contributed by atoms with van der Waals surface area (Å²) in [6.07, 6.45) is 0.811. The molecule has 26 heavy (non-hydrogen) atoms. The van der Waals surface area contributed by atoms with E-state index in [9.17, 15) is 9.18 Å². The van der Waals surface area contributed by atoms with Crippen LogP contribution in [0.25, 0.3) is 0 Å². The molecule has 0 aliphatic heterocycles. The molecule has 0 radical (unpaired) electrons. The lowest BCUT2D eigenvalue weighted by atomic mass is 9.59. The first kappa shape index (κ1) is 15.3. The summed E-state index contributed by atoms with van der Waals surface area (Å²) in [5, 5.41) is 2.98. The molecule has 6 rings (SSSR count). The number of fused-ring (bicyclic) bond motifs is 1. The van der Waals surface area contributed by atoms with Gasteiger partial charge in [-0.2, -0.15) is 0 Å². The summed E-state index contributed by atoms with van der Waals surface area (Å²) in [5.74, 6) is -0.0720. The van der Waals surface area contributed by atoms with Crippen molar-refractivity contribution < 1.29 is 9.18 Å². The van der Waals surface area contributed by atoms with Gasteiger partial charge in [0.15, 0.2) is 0 Å². The third-order valence-corrected chi connectivity index (χ3v) is 5.75. The van der Waals surface area contributed by atoms with E-state index < -0.39 is 0 Å². The standard InChI is InChI=1S/C23H18FNO/c24-14-9-11-15(12-10-14)25-23(26)21-13-20-16-5-1-3-7-18(16)22(21)19-8-4-2-6-17(19)20/h1-12,20-22H,13H2,(H,25,26). The third kappa shape index (κ3) is 2.27. The maximum absolute atomic E-state index is 13.1. The van der Waals surface area contributed by atoms with Gasteiger partial charge in [-0.15, -0.1) is 0 Å². The molecule has 1 N–H and O–H groups in total. The number of benzene rings is 3. The van der Waals surface area contributed by atoms with Gasteiger partial charge < -0.3 is 5.32 Å². The SMILES string of the molecule is O=C(Nc1ccc(F)cc1)C1CC2c3ccccc3C1c1ccccc12. The maximum Gasteiger partial charge on any atom is 0.228 e. The van der Waals surface area contributed by atoms with Crippen molar-refractivity contribution in [2.75, 3.05) is 5.32 Å². The fourth-order valence-electron chi connectivity index (χ4n) is 4.66. The Balaban J connectivity index is 1.54. The van der Waals surface area contributed by atoms with Crippen molar-refractivity contribution in [3.63, 3.8) is 0 Å². The molecule has 0 heterocycles. The van der Waals surface area contributed by atoms with Gasteiger partial charge in [-0.25, -0.2) is 4.39 Å². The predicted octanol–water partition coefficient (Wildman–Crippen LogP) is 5.06. The van der Waals surface area contributed by atoms with Gasteiger partial charge in [0.2, 0.25) is 5.91 Å². The van der Waals surface area contributed by atoms with Crippen LogP contribution in [0, 0.1) is 11.7 Å². The lowest BCUT2D eigenvalue weighted by molar-refractivity contribution is -0.121. The molecule has 128 valence electrons. The van der Waals surface area contributed by atoms with Gasteiger partial charge in [-0.1, -0.05) is 48.5 Å². The van der Waals surface area contributed by atoms with E-state index in [1.807, 2.05) is 0 Å². The summed E-state index contributed by atoms with van der Waals surface area (Å²) in [6, 6.07) is 22.9. The number of carbonyl (C=O) groups excluding carboxylic acids is 1. The molecule has 0 spiro atoms. The Bertz CT molecular complexity index is 948. The first-order valence-electron chi connectivity index (χ1n) is 8.96. The zero-order chi connectivity index (χ0) is 17.7. The Labute approximate surface area is 151 Å². The first-order chi connectivity index (χ1) is 12.7. The Kier molecular flexibility index (Phi) is 3.42. The average molecular weight is 343 g/mol. The van der Waals surface area contributed by atoms with Crippen LogP contribution in [0.4, 0.5) is 10.1 Å². The second-order valence-electron chi connectivity index (χ2n) is 7.13. The summed E-state index contributed by atoms with van der Waals surface area (Å²) in [7, 11) is 0. The molecule has 3 heteroatoms. The zero-order valence-corrected chi connectivity index (χ0v) is 14.2. The summed E-state index contributed by atoms with van der Waals surface area (Å²) < 4.78 is 13.1. The quantitative estimate of drug-likeness (QED) is 0.692. The van der Waals surface area contributed by atoms with E-state index in [-0.39, 0.29) is 29.5 Å². The summed E-state index contributed by atoms with van der Waals surface area (Å²) in [5.41, 5.74) is 5.87. The smallest absolute Gasteiger partial charge is 0.228 e. The van der Waals surface area contributed by atoms with Crippen molar-refractivity contribution in [2.24, 2.45) is 5.92 Å². The molecule has 1 atom stereocenters. The van der Waals surface area contributed by atoms with E-state index in [1.165, 1.54) is 34.4 Å². The molecule has 3 aromatic carbocycles. The highest BCUT2D eigenvalue weighted by Crippen LogP contribution is 2.55. The Morgan fingerprint density at radius 1 is 0.808 bits per heavy atom. The van der Waals surface area contributed by atoms with Gasteiger partial charge in [0, 0.05) is 17.5 Å². The first-order valence-corrected chi connectivity index (χ1v) is 8.96. The Morgan fingerprint density at radius 2 is 1.35 bits per heavy atom. The highest BCUT2D eigenvalue weighted by Gasteiger charge is 2.45. The minimum Gasteiger partial charge on any atom is -0.326 e. The van der Waals surface area contributed by atoms with E-state index in [0.29, 0.717) is 5.69 Å². The van der Waals surface area contributed by atoms with Gasteiger partial charge in [0.25, 0.3) is 0 Å². The molecule has 2 bridgehead atoms. The highest BCUT2D eigenvalue weighted by molar-refractivity contribution is 5.94. The van der Waals surface area contributed by atoms with Crippen LogP contribution >= 0.6 is 0 Å². The number of rotatable bonds is 2. The van der Waals surface area contributed by atoms with E-state index in [1.54, 1.807) is 12.1 Å². The molecule has 1 amide bonds. The maximum atomic E-state index is 13.1. The largest absolute Gasteiger partial charge is 0.326 e. The number of nitrogens with one attached hydrogen (secondary N) is 1. The Hall–Kier alpha value is -2.94. The monoisotopic (exact) mass is 343 g/mol. The van der Waals surface area contributed by atoms with E-state index in [0.717, 1.165) is 6.42 Å². The molecular formula is C23H18FNO. The van der Waals surface area contributed by atoms with Crippen LogP contribution in [0.2, 0.25) is 0 Å². The lowest BCUT2D eigenvalue weighted by Crippen LogP contribution is -2.38. The van der Waals surface area contributed by atoms with E-state index in [4.69, 9.17) is 0 Å². The molecule has 1 unspecified atom stereocenters. The van der Waals surface area contributed by atoms with Gasteiger partial charge in [-0.05, 0) is 52.9 Å². The predicted molar refractivity (Wildman–Crippen MR) is 99.7 cm³/mol. The zero-order valence-electron chi connectivity index (χ0n) is 14.2. The molecule has 3 aliphatic rings. The fraction of sp³-hybridized carbons (Fsp3) is 0.174. The van der Waals surface area contributed by atoms with Crippen molar-refractivity contribution in [3.8, 4) is 0 Å². The van der Waals surface area contributed by atoms with Gasteiger partial charge in [0.05, 0.1) is 5.92 Å². The average Bonchev–Trinajstić information content (AvgIpc) is 2.69. The highest BCUT2D eigenvalue weighted by atomic mass is 19.1. The number of carbonyl (C=O) groups is 1. The number of halogens is 1. The molecule has 2 nitrogen and oxygen atoms in total. The number of hydrogen-bond acceptors (Lipinski definition) is 1. The second kappa shape index (κ2) is 5.80. The normalized spacial score (nSPS) is 22.4. The minimum atomic E-state index is -0.303. The minimum absolute atomic E-state index is 0.00983. The van der Waals surface area contributed by atoms with Crippen LogP contribution in [-0.2, 0) is 4.79 Å². The van der Waals surface area contributed by atoms with Crippen LogP contribution in [0.3, 0.4) is 0 Å². The molecule has 0 aromatic heterocycles. The van der Waals surface area contributed by atoms with Gasteiger partial charge >= 0.3 is 0 Å². The lowest BCUT2D eigenvalue weighted by Gasteiger charge is -2.44. The van der Waals surface area contributed by atoms with Crippen LogP contribution in [0.5, 0.6) is 0 Å². The van der Waals surface area contributed by atoms with Crippen molar-refractivity contribution in [1.29, 1.82) is 0 Å².